The molecule has 0 aliphatic carbocycles. The number of ether oxygens (including phenoxy) is 2. The molecule has 0 radical (unpaired) electrons. The van der Waals surface area contributed by atoms with Crippen molar-refractivity contribution in [3.63, 3.8) is 0 Å². The van der Waals surface area contributed by atoms with Gasteiger partial charge >= 0.3 is 0 Å². The molecule has 0 saturated heterocycles. The second-order valence-corrected chi connectivity index (χ2v) is 6.40. The molecule has 1 aromatic rings. The van der Waals surface area contributed by atoms with Gasteiger partial charge in [-0.1, -0.05) is 0 Å². The van der Waals surface area contributed by atoms with Gasteiger partial charge in [0.1, 0.15) is 18.0 Å². The van der Waals surface area contributed by atoms with Crippen LogP contribution >= 0.6 is 11.6 Å². The first-order valence-corrected chi connectivity index (χ1v) is 7.75. The van der Waals surface area contributed by atoms with Crippen LogP contribution < -0.4 is 13.8 Å². The van der Waals surface area contributed by atoms with Gasteiger partial charge in [0, 0.05) is 6.07 Å². The number of carbonyl (C=O) groups excluding carboxylic acids is 1. The molecule has 0 unspecified atom stereocenters. The molecule has 0 atom stereocenters. The topological polar surface area (TPSA) is 72.9 Å². The van der Waals surface area contributed by atoms with E-state index in [0.29, 0.717) is 5.75 Å². The molecule has 0 fully saturated rings. The maximum atomic E-state index is 12.1. The van der Waals surface area contributed by atoms with E-state index in [4.69, 9.17) is 21.1 Å². The zero-order chi connectivity index (χ0) is 15.3. The number of nitrogens with zero attached hydrogens (tertiary/aromatic N) is 1. The Kier molecular flexibility index (Phi) is 5.64. The van der Waals surface area contributed by atoms with Crippen molar-refractivity contribution in [1.82, 2.24) is 0 Å². The Morgan fingerprint density at radius 2 is 1.95 bits per heavy atom. The van der Waals surface area contributed by atoms with Gasteiger partial charge in [0.15, 0.2) is 0 Å². The number of anilines is 1. The number of hydrogen-bond donors (Lipinski definition) is 0. The predicted molar refractivity (Wildman–Crippen MR) is 77.2 cm³/mol. The summed E-state index contributed by atoms with van der Waals surface area (Å²) in [6, 6.07) is 4.62. The lowest BCUT2D eigenvalue weighted by Gasteiger charge is -2.24. The fraction of sp³-hybridized carbons (Fsp3) is 0.417. The van der Waals surface area contributed by atoms with Gasteiger partial charge in [0.05, 0.1) is 25.7 Å². The summed E-state index contributed by atoms with van der Waals surface area (Å²) in [4.78, 5) is 11.1. The van der Waals surface area contributed by atoms with Gasteiger partial charge in [-0.3, -0.25) is 9.10 Å². The van der Waals surface area contributed by atoms with Crippen LogP contribution in [0, 0.1) is 0 Å². The molecule has 0 saturated carbocycles. The summed E-state index contributed by atoms with van der Waals surface area (Å²) in [5.74, 6) is 0.628. The van der Waals surface area contributed by atoms with Crippen LogP contribution in [0.5, 0.6) is 11.5 Å². The Morgan fingerprint density at radius 3 is 2.40 bits per heavy atom. The second-order valence-electron chi connectivity index (χ2n) is 3.80. The van der Waals surface area contributed by atoms with Crippen molar-refractivity contribution < 1.29 is 22.7 Å². The fourth-order valence-electron chi connectivity index (χ4n) is 1.59. The molecular formula is C12H16ClNO5S. The van der Waals surface area contributed by atoms with Crippen LogP contribution in [0.3, 0.4) is 0 Å². The Hall–Kier alpha value is -1.47. The highest BCUT2D eigenvalue weighted by molar-refractivity contribution is 7.92. The van der Waals surface area contributed by atoms with E-state index in [1.54, 1.807) is 6.07 Å². The summed E-state index contributed by atoms with van der Waals surface area (Å²) >= 11 is 5.33. The minimum atomic E-state index is -3.65. The summed E-state index contributed by atoms with van der Waals surface area (Å²) in [6.07, 6.45) is 0. The van der Waals surface area contributed by atoms with Gasteiger partial charge in [-0.2, -0.15) is 0 Å². The number of hydrogen-bond acceptors (Lipinski definition) is 5. The van der Waals surface area contributed by atoms with Crippen LogP contribution in [0.2, 0.25) is 0 Å². The van der Waals surface area contributed by atoms with Crippen molar-refractivity contribution in [2.24, 2.45) is 0 Å². The van der Waals surface area contributed by atoms with E-state index < -0.39 is 21.8 Å². The van der Waals surface area contributed by atoms with Gasteiger partial charge in [-0.15, -0.1) is 0 Å². The van der Waals surface area contributed by atoms with Gasteiger partial charge in [-0.05, 0) is 30.7 Å². The first-order valence-electron chi connectivity index (χ1n) is 5.76. The number of benzene rings is 1. The predicted octanol–water partition coefficient (Wildman–Crippen LogP) is 1.63. The lowest BCUT2D eigenvalue weighted by Crippen LogP contribution is -2.35. The molecular weight excluding hydrogens is 306 g/mol. The average Bonchev–Trinajstić information content (AvgIpc) is 2.43. The molecule has 8 heteroatoms. The molecule has 0 N–H and O–H groups in total. The number of carbonyl (C=O) groups is 1. The van der Waals surface area contributed by atoms with Crippen LogP contribution in [0.25, 0.3) is 0 Å². The maximum Gasteiger partial charge on any atom is 0.242 e. The number of sulfonamides is 1. The molecule has 0 aliphatic heterocycles. The SMILES string of the molecule is CCS(=O)(=O)N(CC(=O)Cl)c1ccc(OC)cc1OC. The lowest BCUT2D eigenvalue weighted by atomic mass is 10.2. The smallest absolute Gasteiger partial charge is 0.242 e. The van der Waals surface area contributed by atoms with Gasteiger partial charge in [0.25, 0.3) is 0 Å². The van der Waals surface area contributed by atoms with E-state index in [9.17, 15) is 13.2 Å². The van der Waals surface area contributed by atoms with E-state index >= 15 is 0 Å². The van der Waals surface area contributed by atoms with Gasteiger partial charge in [-0.25, -0.2) is 8.42 Å². The van der Waals surface area contributed by atoms with E-state index in [1.165, 1.54) is 33.3 Å². The van der Waals surface area contributed by atoms with Crippen LogP contribution in [0.4, 0.5) is 5.69 Å². The molecule has 0 amide bonds. The number of methoxy groups -OCH3 is 2. The van der Waals surface area contributed by atoms with Crippen molar-refractivity contribution >= 4 is 32.6 Å². The van der Waals surface area contributed by atoms with E-state index in [0.717, 1.165) is 4.31 Å². The zero-order valence-corrected chi connectivity index (χ0v) is 13.0. The van der Waals surface area contributed by atoms with E-state index in [-0.39, 0.29) is 17.2 Å². The van der Waals surface area contributed by atoms with Crippen molar-refractivity contribution in [2.45, 2.75) is 6.92 Å². The highest BCUT2D eigenvalue weighted by Crippen LogP contribution is 2.33. The van der Waals surface area contributed by atoms with Crippen molar-refractivity contribution in [2.75, 3.05) is 30.8 Å². The van der Waals surface area contributed by atoms with Gasteiger partial charge < -0.3 is 9.47 Å². The molecule has 0 aromatic heterocycles. The third-order valence-electron chi connectivity index (χ3n) is 2.62. The highest BCUT2D eigenvalue weighted by Gasteiger charge is 2.25. The van der Waals surface area contributed by atoms with Crippen LogP contribution in [0.1, 0.15) is 6.92 Å². The van der Waals surface area contributed by atoms with Crippen LogP contribution in [-0.2, 0) is 14.8 Å². The Morgan fingerprint density at radius 1 is 1.30 bits per heavy atom. The van der Waals surface area contributed by atoms with Crippen molar-refractivity contribution in [1.29, 1.82) is 0 Å². The normalized spacial score (nSPS) is 11.0. The van der Waals surface area contributed by atoms with E-state index in [2.05, 4.69) is 0 Å². The minimum Gasteiger partial charge on any atom is -0.497 e. The van der Waals surface area contributed by atoms with Crippen LogP contribution in [0.15, 0.2) is 18.2 Å². The molecule has 20 heavy (non-hydrogen) atoms. The quantitative estimate of drug-likeness (QED) is 0.714. The van der Waals surface area contributed by atoms with Crippen molar-refractivity contribution in [3.8, 4) is 11.5 Å². The van der Waals surface area contributed by atoms with Crippen LogP contribution in [-0.4, -0.2) is 40.2 Å². The Balaban J connectivity index is 3.37. The molecule has 1 aromatic carbocycles. The first kappa shape index (κ1) is 16.6. The average molecular weight is 322 g/mol. The molecule has 0 heterocycles. The largest absolute Gasteiger partial charge is 0.497 e. The third kappa shape index (κ3) is 3.77. The number of halogens is 1. The molecule has 1 rings (SSSR count). The molecule has 6 nitrogen and oxygen atoms in total. The van der Waals surface area contributed by atoms with Gasteiger partial charge in [0.2, 0.25) is 15.3 Å². The number of rotatable bonds is 7. The highest BCUT2D eigenvalue weighted by atomic mass is 35.5. The van der Waals surface area contributed by atoms with E-state index in [1.807, 2.05) is 0 Å². The molecule has 0 spiro atoms. The zero-order valence-electron chi connectivity index (χ0n) is 11.4. The summed E-state index contributed by atoms with van der Waals surface area (Å²) in [5, 5.41) is -0.778. The maximum absolute atomic E-state index is 12.1. The minimum absolute atomic E-state index is 0.160. The third-order valence-corrected chi connectivity index (χ3v) is 4.47. The summed E-state index contributed by atoms with van der Waals surface area (Å²) in [7, 11) is -0.770. The summed E-state index contributed by atoms with van der Waals surface area (Å²) < 4.78 is 35.3. The monoisotopic (exact) mass is 321 g/mol. The first-order chi connectivity index (χ1) is 9.35. The molecule has 112 valence electrons. The van der Waals surface area contributed by atoms with Crippen molar-refractivity contribution in [3.05, 3.63) is 18.2 Å². The molecule has 0 bridgehead atoms. The summed E-state index contributed by atoms with van der Waals surface area (Å²) in [5.41, 5.74) is 0.240. The lowest BCUT2D eigenvalue weighted by molar-refractivity contribution is -0.110. The Bertz CT molecular complexity index is 588. The standard InChI is InChI=1S/C12H16ClNO5S/c1-4-20(16,17)14(8-12(13)15)10-6-5-9(18-2)7-11(10)19-3/h5-7H,4,8H2,1-3H3. The molecule has 0 aliphatic rings. The summed E-state index contributed by atoms with van der Waals surface area (Å²) in [6.45, 7) is 1.03. The second kappa shape index (κ2) is 6.81. The fourth-order valence-corrected chi connectivity index (χ4v) is 2.86. The Labute approximate surface area is 123 Å².